The second-order valence-corrected chi connectivity index (χ2v) is 14.8. The number of nitrogens with zero attached hydrogens (tertiary/aromatic N) is 2. The molecular formula is C48H48N2O2. The number of rotatable bonds is 15. The monoisotopic (exact) mass is 684 g/mol. The van der Waals surface area contributed by atoms with Gasteiger partial charge < -0.3 is 4.90 Å². The number of carbonyl (C=O) groups is 2. The van der Waals surface area contributed by atoms with Crippen LogP contribution in [0.3, 0.4) is 0 Å². The molecule has 0 saturated carbocycles. The first-order chi connectivity index (χ1) is 25.6. The number of unbranched alkanes of at least 4 members (excludes halogenated alkanes) is 6. The molecule has 6 aromatic rings. The highest BCUT2D eigenvalue weighted by Gasteiger charge is 2.37. The van der Waals surface area contributed by atoms with E-state index in [-0.39, 0.29) is 11.8 Å². The lowest BCUT2D eigenvalue weighted by atomic mass is 9.89. The largest absolute Gasteiger partial charge is 0.310 e. The summed E-state index contributed by atoms with van der Waals surface area (Å²) in [5.74, 6) is 0.0585. The molecule has 4 nitrogen and oxygen atoms in total. The summed E-state index contributed by atoms with van der Waals surface area (Å²) < 4.78 is 0. The zero-order valence-electron chi connectivity index (χ0n) is 30.5. The third kappa shape index (κ3) is 6.19. The van der Waals surface area contributed by atoms with E-state index in [0.29, 0.717) is 23.6 Å². The Bertz CT molecular complexity index is 2200. The summed E-state index contributed by atoms with van der Waals surface area (Å²) in [4.78, 5) is 32.3. The van der Waals surface area contributed by atoms with E-state index in [4.69, 9.17) is 0 Å². The average Bonchev–Trinajstić information content (AvgIpc) is 3.49. The van der Waals surface area contributed by atoms with Crippen molar-refractivity contribution in [1.29, 1.82) is 0 Å². The fourth-order valence-electron chi connectivity index (χ4n) is 8.61. The van der Waals surface area contributed by atoms with Crippen molar-refractivity contribution in [2.24, 2.45) is 5.92 Å². The van der Waals surface area contributed by atoms with Crippen molar-refractivity contribution in [3.05, 3.63) is 126 Å². The van der Waals surface area contributed by atoms with Crippen LogP contribution < -0.4 is 4.90 Å². The number of hydrogen-bond acceptors (Lipinski definition) is 3. The fourth-order valence-corrected chi connectivity index (χ4v) is 8.61. The molecule has 0 saturated heterocycles. The molecule has 0 bridgehead atoms. The van der Waals surface area contributed by atoms with Gasteiger partial charge in [-0.1, -0.05) is 120 Å². The third-order valence-corrected chi connectivity index (χ3v) is 11.3. The zero-order chi connectivity index (χ0) is 35.6. The Morgan fingerprint density at radius 1 is 0.481 bits per heavy atom. The number of carbonyl (C=O) groups excluding carboxylic acids is 2. The van der Waals surface area contributed by atoms with Crippen LogP contribution in [0.25, 0.3) is 43.8 Å². The summed E-state index contributed by atoms with van der Waals surface area (Å²) in [5, 5.41) is 4.16. The van der Waals surface area contributed by atoms with Gasteiger partial charge in [-0.3, -0.25) is 14.5 Å². The smallest absolute Gasteiger partial charge is 0.261 e. The van der Waals surface area contributed by atoms with Gasteiger partial charge in [0.25, 0.3) is 11.8 Å². The topological polar surface area (TPSA) is 40.6 Å². The Kier molecular flexibility index (Phi) is 9.64. The molecule has 1 heterocycles. The standard InChI is InChI=1S/C48H48N2O2/c1-3-5-7-8-9-12-18-33(17-6-4-2)32-49-47(51)41-27-25-39-43-30-34-23-24-38(50(36-19-13-10-14-20-36)37-21-15-11-16-22-37)29-35(34)31-44(43)40-26-28-42(48(49)52)46(41)45(39)40/h10-11,13-16,19-31,33H,3-9,12,17-18,32H2,1-2H3. The van der Waals surface area contributed by atoms with Crippen LogP contribution in [0.4, 0.5) is 17.1 Å². The molecule has 0 radical (unpaired) electrons. The van der Waals surface area contributed by atoms with Crippen LogP contribution in [0.15, 0.2) is 115 Å². The Morgan fingerprint density at radius 2 is 1.00 bits per heavy atom. The van der Waals surface area contributed by atoms with Gasteiger partial charge in [0, 0.05) is 40.1 Å². The maximum absolute atomic E-state index is 14.2. The molecule has 0 fully saturated rings. The van der Waals surface area contributed by atoms with E-state index in [2.05, 4.69) is 110 Å². The molecular weight excluding hydrogens is 637 g/mol. The Hall–Kier alpha value is -5.22. The molecule has 52 heavy (non-hydrogen) atoms. The van der Waals surface area contributed by atoms with Crippen LogP contribution >= 0.6 is 0 Å². The first-order valence-electron chi connectivity index (χ1n) is 19.5. The number of hydrogen-bond donors (Lipinski definition) is 0. The summed E-state index contributed by atoms with van der Waals surface area (Å²) in [6.45, 7) is 4.98. The van der Waals surface area contributed by atoms with Gasteiger partial charge in [0.2, 0.25) is 0 Å². The van der Waals surface area contributed by atoms with E-state index in [1.54, 1.807) is 4.90 Å². The minimum atomic E-state index is -0.140. The van der Waals surface area contributed by atoms with Crippen LogP contribution in [-0.4, -0.2) is 23.3 Å². The van der Waals surface area contributed by atoms with Crippen molar-refractivity contribution in [1.82, 2.24) is 4.90 Å². The highest BCUT2D eigenvalue weighted by atomic mass is 16.2. The minimum absolute atomic E-state index is 0.140. The van der Waals surface area contributed by atoms with Gasteiger partial charge in [-0.2, -0.15) is 0 Å². The first-order valence-corrected chi connectivity index (χ1v) is 19.5. The van der Waals surface area contributed by atoms with Crippen LogP contribution in [0, 0.1) is 5.92 Å². The molecule has 1 aliphatic carbocycles. The molecule has 0 N–H and O–H groups in total. The average molecular weight is 685 g/mol. The molecule has 262 valence electrons. The number of benzene rings is 6. The quantitative estimate of drug-likeness (QED) is 0.0797. The summed E-state index contributed by atoms with van der Waals surface area (Å²) in [5.41, 5.74) is 9.10. The number of fused-ring (bicyclic) bond motifs is 4. The van der Waals surface area contributed by atoms with Gasteiger partial charge in [-0.05, 0) is 118 Å². The van der Waals surface area contributed by atoms with Gasteiger partial charge >= 0.3 is 0 Å². The van der Waals surface area contributed by atoms with Crippen LogP contribution in [0.2, 0.25) is 0 Å². The van der Waals surface area contributed by atoms with Gasteiger partial charge in [-0.15, -0.1) is 0 Å². The van der Waals surface area contributed by atoms with Crippen molar-refractivity contribution in [2.75, 3.05) is 11.4 Å². The van der Waals surface area contributed by atoms with E-state index in [9.17, 15) is 9.59 Å². The van der Waals surface area contributed by atoms with Crippen molar-refractivity contribution in [3.8, 4) is 22.3 Å². The van der Waals surface area contributed by atoms with E-state index >= 15 is 0 Å². The van der Waals surface area contributed by atoms with E-state index in [0.717, 1.165) is 93.0 Å². The summed E-state index contributed by atoms with van der Waals surface area (Å²) in [6.07, 6.45) is 11.9. The fraction of sp³-hybridized carbons (Fsp3) is 0.292. The molecule has 0 spiro atoms. The Balaban J connectivity index is 1.12. The van der Waals surface area contributed by atoms with E-state index in [1.165, 1.54) is 32.1 Å². The predicted octanol–water partition coefficient (Wildman–Crippen LogP) is 13.3. The second-order valence-electron chi connectivity index (χ2n) is 14.8. The highest BCUT2D eigenvalue weighted by Crippen LogP contribution is 2.51. The summed E-state index contributed by atoms with van der Waals surface area (Å²) >= 11 is 0. The second kappa shape index (κ2) is 14.8. The highest BCUT2D eigenvalue weighted by molar-refractivity contribution is 6.31. The lowest BCUT2D eigenvalue weighted by Gasteiger charge is -2.31. The number of amides is 2. The van der Waals surface area contributed by atoms with Gasteiger partial charge in [0.15, 0.2) is 0 Å². The van der Waals surface area contributed by atoms with Crippen LogP contribution in [0.1, 0.15) is 98.8 Å². The lowest BCUT2D eigenvalue weighted by Crippen LogP contribution is -2.43. The summed E-state index contributed by atoms with van der Waals surface area (Å²) in [7, 11) is 0. The normalized spacial score (nSPS) is 13.6. The number of para-hydroxylation sites is 2. The molecule has 1 aliphatic heterocycles. The molecule has 4 heteroatoms. The summed E-state index contributed by atoms with van der Waals surface area (Å²) in [6, 6.07) is 40.4. The first kappa shape index (κ1) is 33.9. The third-order valence-electron chi connectivity index (χ3n) is 11.3. The molecule has 8 rings (SSSR count). The molecule has 2 amide bonds. The van der Waals surface area contributed by atoms with E-state index < -0.39 is 0 Å². The SMILES string of the molecule is CCCCCCCCC(CCCC)CN1C(=O)c2ccc3c4c(ccc(c24)C1=O)-c1cc2cc(N(c4ccccc4)c4ccccc4)ccc2cc1-3. The zero-order valence-corrected chi connectivity index (χ0v) is 30.5. The van der Waals surface area contributed by atoms with Gasteiger partial charge in [0.1, 0.15) is 0 Å². The van der Waals surface area contributed by atoms with E-state index in [1.807, 2.05) is 24.3 Å². The van der Waals surface area contributed by atoms with Crippen molar-refractivity contribution in [2.45, 2.75) is 78.1 Å². The molecule has 6 aromatic carbocycles. The number of imide groups is 1. The Labute approximate surface area is 308 Å². The number of anilines is 3. The van der Waals surface area contributed by atoms with Crippen LogP contribution in [0.5, 0.6) is 0 Å². The molecule has 1 unspecified atom stereocenters. The molecule has 2 aliphatic rings. The van der Waals surface area contributed by atoms with Crippen LogP contribution in [-0.2, 0) is 0 Å². The van der Waals surface area contributed by atoms with Gasteiger partial charge in [-0.25, -0.2) is 0 Å². The van der Waals surface area contributed by atoms with Crippen molar-refractivity contribution < 1.29 is 9.59 Å². The van der Waals surface area contributed by atoms with Crippen molar-refractivity contribution in [3.63, 3.8) is 0 Å². The maximum Gasteiger partial charge on any atom is 0.261 e. The predicted molar refractivity (Wildman–Crippen MR) is 217 cm³/mol. The molecule has 0 aromatic heterocycles. The molecule has 1 atom stereocenters. The van der Waals surface area contributed by atoms with Crippen molar-refractivity contribution >= 4 is 50.4 Å². The van der Waals surface area contributed by atoms with Gasteiger partial charge in [0.05, 0.1) is 0 Å². The maximum atomic E-state index is 14.2. The minimum Gasteiger partial charge on any atom is -0.310 e. The lowest BCUT2D eigenvalue weighted by molar-refractivity contribution is 0.0577. The Morgan fingerprint density at radius 3 is 1.62 bits per heavy atom.